The summed E-state index contributed by atoms with van der Waals surface area (Å²) >= 11 is 0. The minimum absolute atomic E-state index is 0.140. The first kappa shape index (κ1) is 20.1. The van der Waals surface area contributed by atoms with Gasteiger partial charge in [0.2, 0.25) is 5.89 Å². The molecule has 2 atom stereocenters. The number of pyridine rings is 2. The van der Waals surface area contributed by atoms with E-state index in [0.717, 1.165) is 31.7 Å². The maximum atomic E-state index is 13.3. The normalized spacial score (nSPS) is 20.7. The van der Waals surface area contributed by atoms with Gasteiger partial charge in [0.25, 0.3) is 5.56 Å². The van der Waals surface area contributed by atoms with Crippen molar-refractivity contribution in [1.29, 1.82) is 0 Å². The van der Waals surface area contributed by atoms with Crippen LogP contribution in [-0.2, 0) is 26.2 Å². The molecular weight excluding hydrogens is 392 g/mol. The summed E-state index contributed by atoms with van der Waals surface area (Å²) in [7, 11) is 1.97. The molecule has 8 nitrogen and oxygen atoms in total. The van der Waals surface area contributed by atoms with Gasteiger partial charge in [-0.05, 0) is 44.0 Å². The number of aryl methyl sites for hydroxylation is 1. The largest absolute Gasteiger partial charge is 0.338 e. The standard InChI is InChI=1S/C23H28N6O2/c1-16-25-22(31-26-16)15-27(2)13-19-5-6-21-20-8-18(12-29(21)23(19)30)11-28(14-20)10-17-4-3-7-24-9-17/h3-7,9,18,20H,8,10-15H2,1-2H3/t18-,20+/m0/s1. The lowest BCUT2D eigenvalue weighted by molar-refractivity contribution is 0.114. The fourth-order valence-electron chi connectivity index (χ4n) is 5.07. The second kappa shape index (κ2) is 8.36. The average Bonchev–Trinajstić information content (AvgIpc) is 3.15. The highest BCUT2D eigenvalue weighted by atomic mass is 16.5. The molecule has 8 heteroatoms. The number of aromatic nitrogens is 4. The van der Waals surface area contributed by atoms with Crippen molar-refractivity contribution in [3.8, 4) is 0 Å². The summed E-state index contributed by atoms with van der Waals surface area (Å²) in [6.45, 7) is 6.62. The molecule has 1 fully saturated rings. The van der Waals surface area contributed by atoms with Crippen molar-refractivity contribution in [2.75, 3.05) is 20.1 Å². The van der Waals surface area contributed by atoms with Crippen molar-refractivity contribution in [1.82, 2.24) is 29.5 Å². The topological polar surface area (TPSA) is 80.3 Å². The molecule has 0 aliphatic carbocycles. The number of rotatable bonds is 6. The van der Waals surface area contributed by atoms with Gasteiger partial charge in [-0.2, -0.15) is 4.98 Å². The third kappa shape index (κ3) is 4.31. The second-order valence-electron chi connectivity index (χ2n) is 8.96. The van der Waals surface area contributed by atoms with Crippen LogP contribution in [0.15, 0.2) is 46.0 Å². The lowest BCUT2D eigenvalue weighted by Crippen LogP contribution is -2.47. The van der Waals surface area contributed by atoms with E-state index >= 15 is 0 Å². The Hall–Kier alpha value is -2.84. The van der Waals surface area contributed by atoms with Gasteiger partial charge in [0.05, 0.1) is 6.54 Å². The first-order valence-electron chi connectivity index (χ1n) is 10.9. The number of hydrogen-bond donors (Lipinski definition) is 0. The van der Waals surface area contributed by atoms with Gasteiger partial charge in [0, 0.05) is 62.3 Å². The molecule has 2 aliphatic heterocycles. The molecule has 0 spiro atoms. The molecule has 0 unspecified atom stereocenters. The molecule has 2 aliphatic rings. The summed E-state index contributed by atoms with van der Waals surface area (Å²) in [4.78, 5) is 26.3. The van der Waals surface area contributed by atoms with Gasteiger partial charge < -0.3 is 9.09 Å². The van der Waals surface area contributed by atoms with Crippen molar-refractivity contribution in [3.63, 3.8) is 0 Å². The summed E-state index contributed by atoms with van der Waals surface area (Å²) in [5, 5.41) is 3.83. The van der Waals surface area contributed by atoms with Crippen LogP contribution in [0.3, 0.4) is 0 Å². The number of nitrogens with zero attached hydrogens (tertiary/aromatic N) is 6. The van der Waals surface area contributed by atoms with Gasteiger partial charge >= 0.3 is 0 Å². The highest BCUT2D eigenvalue weighted by Crippen LogP contribution is 2.35. The first-order chi connectivity index (χ1) is 15.0. The van der Waals surface area contributed by atoms with E-state index in [1.165, 1.54) is 17.7 Å². The molecule has 0 aromatic carbocycles. The van der Waals surface area contributed by atoms with Gasteiger partial charge in [-0.3, -0.25) is 19.6 Å². The molecule has 3 aromatic heterocycles. The van der Waals surface area contributed by atoms with Gasteiger partial charge in [-0.15, -0.1) is 0 Å². The second-order valence-corrected chi connectivity index (χ2v) is 8.96. The number of fused-ring (bicyclic) bond motifs is 4. The van der Waals surface area contributed by atoms with Crippen LogP contribution >= 0.6 is 0 Å². The maximum Gasteiger partial charge on any atom is 0.255 e. The van der Waals surface area contributed by atoms with Gasteiger partial charge in [0.1, 0.15) is 0 Å². The van der Waals surface area contributed by atoms with E-state index in [4.69, 9.17) is 4.52 Å². The van der Waals surface area contributed by atoms with Crippen LogP contribution in [-0.4, -0.2) is 49.6 Å². The van der Waals surface area contributed by atoms with Gasteiger partial charge in [-0.25, -0.2) is 0 Å². The Kier molecular flexibility index (Phi) is 5.41. The van der Waals surface area contributed by atoms with E-state index in [9.17, 15) is 4.79 Å². The zero-order chi connectivity index (χ0) is 21.4. The van der Waals surface area contributed by atoms with Crippen molar-refractivity contribution >= 4 is 0 Å². The molecule has 5 rings (SSSR count). The highest BCUT2D eigenvalue weighted by molar-refractivity contribution is 5.22. The molecule has 0 radical (unpaired) electrons. The van der Waals surface area contributed by atoms with E-state index in [0.29, 0.717) is 36.6 Å². The monoisotopic (exact) mass is 420 g/mol. The Morgan fingerprint density at radius 2 is 2.10 bits per heavy atom. The van der Waals surface area contributed by atoms with E-state index in [1.54, 1.807) is 6.92 Å². The molecule has 2 bridgehead atoms. The van der Waals surface area contributed by atoms with E-state index < -0.39 is 0 Å². The number of likely N-dealkylation sites (tertiary alicyclic amines) is 1. The molecule has 0 N–H and O–H groups in total. The summed E-state index contributed by atoms with van der Waals surface area (Å²) < 4.78 is 7.23. The molecule has 3 aromatic rings. The van der Waals surface area contributed by atoms with Crippen molar-refractivity contribution < 1.29 is 4.52 Å². The van der Waals surface area contributed by atoms with Crippen LogP contribution in [0, 0.1) is 12.8 Å². The fourth-order valence-corrected chi connectivity index (χ4v) is 5.07. The third-order valence-electron chi connectivity index (χ3n) is 6.30. The van der Waals surface area contributed by atoms with Crippen LogP contribution < -0.4 is 5.56 Å². The van der Waals surface area contributed by atoms with Crippen LogP contribution in [0.25, 0.3) is 0 Å². The fraction of sp³-hybridized carbons (Fsp3) is 0.478. The quantitative estimate of drug-likeness (QED) is 0.605. The Morgan fingerprint density at radius 3 is 2.87 bits per heavy atom. The lowest BCUT2D eigenvalue weighted by atomic mass is 9.83. The molecule has 0 saturated carbocycles. The highest BCUT2D eigenvalue weighted by Gasteiger charge is 2.34. The van der Waals surface area contributed by atoms with Crippen LogP contribution in [0.4, 0.5) is 0 Å². The summed E-state index contributed by atoms with van der Waals surface area (Å²) in [6.07, 6.45) is 4.93. The SMILES string of the molecule is Cc1noc(CN(C)Cc2ccc3n(c2=O)C[C@H]2C[C@@H]3CN(Cc3cccnc3)C2)n1. The smallest absolute Gasteiger partial charge is 0.255 e. The van der Waals surface area contributed by atoms with Crippen molar-refractivity contribution in [3.05, 3.63) is 75.5 Å². The molecule has 31 heavy (non-hydrogen) atoms. The molecule has 1 saturated heterocycles. The third-order valence-corrected chi connectivity index (χ3v) is 6.30. The zero-order valence-corrected chi connectivity index (χ0v) is 18.1. The maximum absolute atomic E-state index is 13.3. The Bertz CT molecular complexity index is 1110. The minimum Gasteiger partial charge on any atom is -0.338 e. The Labute approximate surface area is 181 Å². The molecule has 162 valence electrons. The van der Waals surface area contributed by atoms with Gasteiger partial charge in [0.15, 0.2) is 5.82 Å². The van der Waals surface area contributed by atoms with E-state index in [-0.39, 0.29) is 5.56 Å². The zero-order valence-electron chi connectivity index (χ0n) is 18.1. The van der Waals surface area contributed by atoms with Crippen LogP contribution in [0.1, 0.15) is 40.9 Å². The molecule has 5 heterocycles. The van der Waals surface area contributed by atoms with Crippen molar-refractivity contribution in [2.45, 2.75) is 45.4 Å². The summed E-state index contributed by atoms with van der Waals surface area (Å²) in [5.41, 5.74) is 3.38. The van der Waals surface area contributed by atoms with Crippen molar-refractivity contribution in [2.24, 2.45) is 5.92 Å². The van der Waals surface area contributed by atoms with Crippen LogP contribution in [0.2, 0.25) is 0 Å². The minimum atomic E-state index is 0.140. The lowest BCUT2D eigenvalue weighted by Gasteiger charge is -2.43. The Balaban J connectivity index is 1.30. The average molecular weight is 421 g/mol. The van der Waals surface area contributed by atoms with Gasteiger partial charge in [-0.1, -0.05) is 17.3 Å². The number of hydrogen-bond acceptors (Lipinski definition) is 7. The van der Waals surface area contributed by atoms with E-state index in [2.05, 4.69) is 32.2 Å². The predicted octanol–water partition coefficient (Wildman–Crippen LogP) is 2.19. The van der Waals surface area contributed by atoms with E-state index in [1.807, 2.05) is 41.0 Å². The summed E-state index contributed by atoms with van der Waals surface area (Å²) in [6, 6.07) is 8.29. The molecular formula is C23H28N6O2. The van der Waals surface area contributed by atoms with Crippen LogP contribution in [0.5, 0.6) is 0 Å². The first-order valence-corrected chi connectivity index (χ1v) is 10.9. The number of piperidine rings is 1. The predicted molar refractivity (Wildman–Crippen MR) is 115 cm³/mol. The Morgan fingerprint density at radius 1 is 1.19 bits per heavy atom. The molecule has 0 amide bonds. The summed E-state index contributed by atoms with van der Waals surface area (Å²) in [5.74, 6) is 2.11.